The van der Waals surface area contributed by atoms with Crippen molar-refractivity contribution < 1.29 is 9.53 Å². The number of halogens is 1. The van der Waals surface area contributed by atoms with Gasteiger partial charge in [0.15, 0.2) is 5.82 Å². The lowest BCUT2D eigenvalue weighted by atomic mass is 10.2. The molecule has 26 heavy (non-hydrogen) atoms. The van der Waals surface area contributed by atoms with E-state index in [1.165, 1.54) is 16.6 Å². The maximum Gasteiger partial charge on any atom is 0.230 e. The summed E-state index contributed by atoms with van der Waals surface area (Å²) < 4.78 is 5.32. The number of amides is 1. The zero-order chi connectivity index (χ0) is 18.4. The summed E-state index contributed by atoms with van der Waals surface area (Å²) in [6.45, 7) is 0.624. The Morgan fingerprint density at radius 2 is 2.31 bits per heavy atom. The van der Waals surface area contributed by atoms with Crippen LogP contribution in [0, 0.1) is 0 Å². The highest BCUT2D eigenvalue weighted by Gasteiger charge is 2.13. The first-order chi connectivity index (χ1) is 12.7. The Morgan fingerprint density at radius 1 is 1.42 bits per heavy atom. The fourth-order valence-corrected chi connectivity index (χ4v) is 3.77. The summed E-state index contributed by atoms with van der Waals surface area (Å²) in [6.07, 6.45) is 0.841. The number of aromatic amines is 1. The van der Waals surface area contributed by atoms with E-state index >= 15 is 0 Å². The first-order valence-corrected chi connectivity index (χ1v) is 10.1. The van der Waals surface area contributed by atoms with Gasteiger partial charge in [0, 0.05) is 16.4 Å². The monoisotopic (exact) mass is 408 g/mol. The number of benzene rings is 1. The van der Waals surface area contributed by atoms with Crippen molar-refractivity contribution in [2.45, 2.75) is 11.6 Å². The van der Waals surface area contributed by atoms with Gasteiger partial charge >= 0.3 is 0 Å². The Kier molecular flexibility index (Phi) is 6.54. The van der Waals surface area contributed by atoms with E-state index in [1.807, 2.05) is 11.4 Å². The largest absolute Gasteiger partial charge is 0.496 e. The number of rotatable bonds is 8. The Labute approximate surface area is 164 Å². The lowest BCUT2D eigenvalue weighted by molar-refractivity contribution is -0.118. The van der Waals surface area contributed by atoms with Gasteiger partial charge in [-0.25, -0.2) is 4.98 Å². The van der Waals surface area contributed by atoms with Gasteiger partial charge in [-0.2, -0.15) is 0 Å². The van der Waals surface area contributed by atoms with Crippen molar-refractivity contribution >= 4 is 40.6 Å². The SMILES string of the molecule is COc1ccc(Cl)cc1-c1nc(SCC(=O)NCCc2cccs2)n[nH]1. The molecule has 0 aliphatic heterocycles. The van der Waals surface area contributed by atoms with Gasteiger partial charge in [0.25, 0.3) is 0 Å². The number of H-pyrrole nitrogens is 1. The zero-order valence-corrected chi connectivity index (χ0v) is 16.4. The first kappa shape index (κ1) is 18.8. The minimum absolute atomic E-state index is 0.0433. The topological polar surface area (TPSA) is 79.9 Å². The van der Waals surface area contributed by atoms with E-state index in [-0.39, 0.29) is 11.7 Å². The van der Waals surface area contributed by atoms with E-state index in [1.54, 1.807) is 36.6 Å². The molecule has 0 saturated carbocycles. The molecule has 0 aliphatic rings. The van der Waals surface area contributed by atoms with Crippen LogP contribution in [-0.2, 0) is 11.2 Å². The maximum atomic E-state index is 11.9. The number of aromatic nitrogens is 3. The van der Waals surface area contributed by atoms with Crippen LogP contribution >= 0.6 is 34.7 Å². The molecule has 0 bridgehead atoms. The molecule has 0 atom stereocenters. The summed E-state index contributed by atoms with van der Waals surface area (Å²) in [4.78, 5) is 17.6. The molecule has 0 saturated heterocycles. The second kappa shape index (κ2) is 9.07. The Balaban J connectivity index is 1.52. The summed E-state index contributed by atoms with van der Waals surface area (Å²) in [5.41, 5.74) is 0.722. The number of thioether (sulfide) groups is 1. The quantitative estimate of drug-likeness (QED) is 0.556. The van der Waals surface area contributed by atoms with Crippen molar-refractivity contribution in [1.29, 1.82) is 0 Å². The molecule has 0 spiro atoms. The standard InChI is InChI=1S/C17H17ClN4O2S2/c1-24-14-5-4-11(18)9-13(14)16-20-17(22-21-16)26-10-15(23)19-7-6-12-3-2-8-25-12/h2-5,8-9H,6-7,10H2,1H3,(H,19,23)(H,20,21,22). The molecule has 0 unspecified atom stereocenters. The zero-order valence-electron chi connectivity index (χ0n) is 14.0. The van der Waals surface area contributed by atoms with Gasteiger partial charge in [0.1, 0.15) is 5.75 Å². The van der Waals surface area contributed by atoms with Crippen LogP contribution in [0.2, 0.25) is 5.02 Å². The number of nitrogens with one attached hydrogen (secondary N) is 2. The molecule has 0 aliphatic carbocycles. The van der Waals surface area contributed by atoms with Gasteiger partial charge in [-0.15, -0.1) is 16.4 Å². The number of carbonyl (C=O) groups is 1. The third-order valence-corrected chi connectivity index (χ3v) is 5.51. The predicted molar refractivity (Wildman–Crippen MR) is 105 cm³/mol. The minimum Gasteiger partial charge on any atom is -0.496 e. The summed E-state index contributed by atoms with van der Waals surface area (Å²) in [6, 6.07) is 9.34. The van der Waals surface area contributed by atoms with E-state index < -0.39 is 0 Å². The van der Waals surface area contributed by atoms with E-state index in [9.17, 15) is 4.79 Å². The first-order valence-electron chi connectivity index (χ1n) is 7.84. The van der Waals surface area contributed by atoms with Crippen molar-refractivity contribution in [2.75, 3.05) is 19.4 Å². The molecule has 2 N–H and O–H groups in total. The third-order valence-electron chi connectivity index (χ3n) is 3.49. The smallest absolute Gasteiger partial charge is 0.230 e. The molecule has 136 valence electrons. The summed E-state index contributed by atoms with van der Waals surface area (Å²) >= 11 is 9.01. The summed E-state index contributed by atoms with van der Waals surface area (Å²) in [7, 11) is 1.58. The molecule has 1 aromatic carbocycles. The fraction of sp³-hybridized carbons (Fsp3) is 0.235. The van der Waals surface area contributed by atoms with Crippen molar-refractivity contribution in [3.63, 3.8) is 0 Å². The van der Waals surface area contributed by atoms with Crippen molar-refractivity contribution in [3.8, 4) is 17.1 Å². The summed E-state index contributed by atoms with van der Waals surface area (Å²) in [5.74, 6) is 1.41. The van der Waals surface area contributed by atoms with Gasteiger partial charge in [-0.1, -0.05) is 29.4 Å². The van der Waals surface area contributed by atoms with Crippen LogP contribution in [0.3, 0.4) is 0 Å². The van der Waals surface area contributed by atoms with Crippen LogP contribution in [0.4, 0.5) is 0 Å². The van der Waals surface area contributed by atoms with Crippen LogP contribution in [0.15, 0.2) is 40.9 Å². The van der Waals surface area contributed by atoms with Crippen LogP contribution in [0.25, 0.3) is 11.4 Å². The number of methoxy groups -OCH3 is 1. The van der Waals surface area contributed by atoms with E-state index in [0.717, 1.165) is 12.0 Å². The lowest BCUT2D eigenvalue weighted by Crippen LogP contribution is -2.27. The van der Waals surface area contributed by atoms with Crippen molar-refractivity contribution in [2.24, 2.45) is 0 Å². The molecule has 6 nitrogen and oxygen atoms in total. The van der Waals surface area contributed by atoms with Gasteiger partial charge in [0.05, 0.1) is 18.4 Å². The molecule has 2 aromatic heterocycles. The molecule has 9 heteroatoms. The number of nitrogens with zero attached hydrogens (tertiary/aromatic N) is 2. The Hall–Kier alpha value is -2.03. The predicted octanol–water partition coefficient (Wildman–Crippen LogP) is 3.65. The lowest BCUT2D eigenvalue weighted by Gasteiger charge is -2.05. The number of carbonyl (C=O) groups excluding carboxylic acids is 1. The van der Waals surface area contributed by atoms with E-state index in [4.69, 9.17) is 16.3 Å². The van der Waals surface area contributed by atoms with Crippen LogP contribution in [-0.4, -0.2) is 40.5 Å². The number of hydrogen-bond donors (Lipinski definition) is 2. The molecule has 1 amide bonds. The molecular formula is C17H17ClN4O2S2. The summed E-state index contributed by atoms with van der Waals surface area (Å²) in [5, 5.41) is 13.0. The highest BCUT2D eigenvalue weighted by molar-refractivity contribution is 7.99. The van der Waals surface area contributed by atoms with Crippen LogP contribution in [0.5, 0.6) is 5.75 Å². The van der Waals surface area contributed by atoms with E-state index in [2.05, 4.69) is 26.6 Å². The highest BCUT2D eigenvalue weighted by atomic mass is 35.5. The van der Waals surface area contributed by atoms with Crippen molar-refractivity contribution in [1.82, 2.24) is 20.5 Å². The molecular weight excluding hydrogens is 392 g/mol. The average molecular weight is 409 g/mol. The molecule has 2 heterocycles. The number of ether oxygens (including phenoxy) is 1. The van der Waals surface area contributed by atoms with Gasteiger partial charge in [-0.05, 0) is 36.1 Å². The van der Waals surface area contributed by atoms with Gasteiger partial charge < -0.3 is 10.1 Å². The van der Waals surface area contributed by atoms with Crippen molar-refractivity contribution in [3.05, 3.63) is 45.6 Å². The van der Waals surface area contributed by atoms with Crippen LogP contribution < -0.4 is 10.1 Å². The maximum absolute atomic E-state index is 11.9. The minimum atomic E-state index is -0.0433. The molecule has 3 rings (SSSR count). The fourth-order valence-electron chi connectivity index (χ4n) is 2.26. The second-order valence-electron chi connectivity index (χ2n) is 5.28. The number of hydrogen-bond acceptors (Lipinski definition) is 6. The van der Waals surface area contributed by atoms with Gasteiger partial charge in [0.2, 0.25) is 11.1 Å². The second-order valence-corrected chi connectivity index (χ2v) is 7.69. The highest BCUT2D eigenvalue weighted by Crippen LogP contribution is 2.31. The normalized spacial score (nSPS) is 10.7. The molecule has 0 radical (unpaired) electrons. The van der Waals surface area contributed by atoms with Gasteiger partial charge in [-0.3, -0.25) is 9.89 Å². The Bertz CT molecular complexity index is 868. The average Bonchev–Trinajstić information content (AvgIpc) is 3.32. The van der Waals surface area contributed by atoms with E-state index in [0.29, 0.717) is 28.3 Å². The Morgan fingerprint density at radius 3 is 3.08 bits per heavy atom. The number of thiophene rings is 1. The third kappa shape index (κ3) is 5.00. The van der Waals surface area contributed by atoms with Crippen LogP contribution in [0.1, 0.15) is 4.88 Å². The molecule has 0 fully saturated rings. The molecule has 3 aromatic rings.